The van der Waals surface area contributed by atoms with E-state index in [1.165, 1.54) is 18.4 Å². The molecule has 0 bridgehead atoms. The third-order valence-electron chi connectivity index (χ3n) is 3.89. The zero-order valence-electron chi connectivity index (χ0n) is 11.4. The van der Waals surface area contributed by atoms with Crippen LogP contribution in [0.5, 0.6) is 0 Å². The van der Waals surface area contributed by atoms with Crippen molar-refractivity contribution in [3.63, 3.8) is 0 Å². The first-order chi connectivity index (χ1) is 9.36. The van der Waals surface area contributed by atoms with Crippen LogP contribution in [0.3, 0.4) is 0 Å². The first-order valence-corrected chi connectivity index (χ1v) is 7.09. The summed E-state index contributed by atoms with van der Waals surface area (Å²) < 4.78 is 2.27. The van der Waals surface area contributed by atoms with E-state index in [9.17, 15) is 0 Å². The van der Waals surface area contributed by atoms with Crippen LogP contribution >= 0.6 is 0 Å². The molecule has 1 fully saturated rings. The van der Waals surface area contributed by atoms with Gasteiger partial charge >= 0.3 is 0 Å². The van der Waals surface area contributed by atoms with Crippen molar-refractivity contribution in [2.24, 2.45) is 5.92 Å². The molecule has 2 heterocycles. The first kappa shape index (κ1) is 12.4. The molecule has 0 saturated heterocycles. The van der Waals surface area contributed by atoms with Gasteiger partial charge in [-0.05, 0) is 49.6 Å². The number of aromatic nitrogens is 2. The van der Waals surface area contributed by atoms with Gasteiger partial charge in [0.05, 0.1) is 0 Å². The maximum Gasteiger partial charge on any atom is 0.0421 e. The summed E-state index contributed by atoms with van der Waals surface area (Å²) in [6.07, 6.45) is 10.0. The molecule has 0 spiro atoms. The molecule has 1 aliphatic carbocycles. The van der Waals surface area contributed by atoms with E-state index in [1.54, 1.807) is 0 Å². The number of hydrogen-bond donors (Lipinski definition) is 1. The largest absolute Gasteiger partial charge is 0.354 e. The minimum Gasteiger partial charge on any atom is -0.354 e. The van der Waals surface area contributed by atoms with Gasteiger partial charge in [-0.1, -0.05) is 6.07 Å². The molecule has 0 aromatic carbocycles. The Kier molecular flexibility index (Phi) is 3.65. The van der Waals surface area contributed by atoms with Gasteiger partial charge in [-0.3, -0.25) is 4.98 Å². The van der Waals surface area contributed by atoms with E-state index in [-0.39, 0.29) is 0 Å². The average molecular weight is 255 g/mol. The van der Waals surface area contributed by atoms with E-state index in [0.29, 0.717) is 6.04 Å². The van der Waals surface area contributed by atoms with Gasteiger partial charge in [-0.25, -0.2) is 0 Å². The van der Waals surface area contributed by atoms with Crippen molar-refractivity contribution in [1.29, 1.82) is 0 Å². The van der Waals surface area contributed by atoms with Crippen molar-refractivity contribution in [3.05, 3.63) is 54.1 Å². The van der Waals surface area contributed by atoms with Crippen LogP contribution in [-0.2, 0) is 13.0 Å². The van der Waals surface area contributed by atoms with E-state index in [0.717, 1.165) is 24.6 Å². The summed E-state index contributed by atoms with van der Waals surface area (Å²) in [7, 11) is 2.06. The van der Waals surface area contributed by atoms with Crippen molar-refractivity contribution >= 4 is 0 Å². The van der Waals surface area contributed by atoms with Gasteiger partial charge in [0.25, 0.3) is 0 Å². The molecule has 0 amide bonds. The van der Waals surface area contributed by atoms with Gasteiger partial charge in [0.2, 0.25) is 0 Å². The van der Waals surface area contributed by atoms with Crippen molar-refractivity contribution in [1.82, 2.24) is 14.9 Å². The summed E-state index contributed by atoms with van der Waals surface area (Å²) in [5, 5.41) is 3.44. The van der Waals surface area contributed by atoms with E-state index in [1.807, 2.05) is 18.3 Å². The van der Waals surface area contributed by atoms with Gasteiger partial charge in [-0.2, -0.15) is 0 Å². The molecule has 100 valence electrons. The standard InChI is InChI=1S/C16H21N3/c1-17-16(13-5-6-13)14-7-10-19(12-14)11-8-15-4-2-3-9-18-15/h2-4,7,9-10,12-13,16-17H,5-6,8,11H2,1H3. The molecular weight excluding hydrogens is 234 g/mol. The predicted octanol–water partition coefficient (Wildman–Crippen LogP) is 2.80. The fourth-order valence-corrected chi connectivity index (χ4v) is 2.68. The summed E-state index contributed by atoms with van der Waals surface area (Å²) in [4.78, 5) is 4.36. The second-order valence-electron chi connectivity index (χ2n) is 5.36. The third-order valence-corrected chi connectivity index (χ3v) is 3.89. The lowest BCUT2D eigenvalue weighted by molar-refractivity contribution is 0.527. The van der Waals surface area contributed by atoms with E-state index in [4.69, 9.17) is 0 Å². The van der Waals surface area contributed by atoms with Crippen LogP contribution < -0.4 is 5.32 Å². The lowest BCUT2D eigenvalue weighted by atomic mass is 10.1. The fourth-order valence-electron chi connectivity index (χ4n) is 2.68. The monoisotopic (exact) mass is 255 g/mol. The van der Waals surface area contributed by atoms with Crippen LogP contribution in [0.4, 0.5) is 0 Å². The SMILES string of the molecule is CNC(c1ccn(CCc2ccccn2)c1)C1CC1. The van der Waals surface area contributed by atoms with Gasteiger partial charge in [0.15, 0.2) is 0 Å². The zero-order chi connectivity index (χ0) is 13.1. The van der Waals surface area contributed by atoms with Crippen LogP contribution in [0.15, 0.2) is 42.9 Å². The lowest BCUT2D eigenvalue weighted by Crippen LogP contribution is -2.17. The Hall–Kier alpha value is -1.61. The molecule has 2 aromatic rings. The molecule has 1 N–H and O–H groups in total. The normalized spacial score (nSPS) is 16.5. The topological polar surface area (TPSA) is 29.9 Å². The maximum absolute atomic E-state index is 4.36. The molecule has 2 aromatic heterocycles. The van der Waals surface area contributed by atoms with E-state index < -0.39 is 0 Å². The molecule has 3 nitrogen and oxygen atoms in total. The van der Waals surface area contributed by atoms with Crippen LogP contribution in [0.25, 0.3) is 0 Å². The number of aryl methyl sites for hydroxylation is 2. The lowest BCUT2D eigenvalue weighted by Gasteiger charge is -2.13. The molecule has 3 heteroatoms. The summed E-state index contributed by atoms with van der Waals surface area (Å²) in [6, 6.07) is 8.89. The Balaban J connectivity index is 1.61. The van der Waals surface area contributed by atoms with Crippen LogP contribution in [0, 0.1) is 5.92 Å². The van der Waals surface area contributed by atoms with E-state index in [2.05, 4.69) is 46.4 Å². The molecule has 0 radical (unpaired) electrons. The highest BCUT2D eigenvalue weighted by molar-refractivity contribution is 5.18. The van der Waals surface area contributed by atoms with Crippen LogP contribution in [-0.4, -0.2) is 16.6 Å². The highest BCUT2D eigenvalue weighted by Crippen LogP contribution is 2.40. The molecule has 19 heavy (non-hydrogen) atoms. The fraction of sp³-hybridized carbons (Fsp3) is 0.438. The van der Waals surface area contributed by atoms with Gasteiger partial charge in [0, 0.05) is 43.3 Å². The Bertz CT molecular complexity index is 514. The summed E-state index contributed by atoms with van der Waals surface area (Å²) >= 11 is 0. The van der Waals surface area contributed by atoms with Crippen LogP contribution in [0.1, 0.15) is 30.1 Å². The summed E-state index contributed by atoms with van der Waals surface area (Å²) in [5.74, 6) is 0.844. The maximum atomic E-state index is 4.36. The highest BCUT2D eigenvalue weighted by Gasteiger charge is 2.31. The minimum atomic E-state index is 0.538. The number of nitrogens with one attached hydrogen (secondary N) is 1. The number of nitrogens with zero attached hydrogens (tertiary/aromatic N) is 2. The number of hydrogen-bond acceptors (Lipinski definition) is 2. The average Bonchev–Trinajstić information content (AvgIpc) is 3.17. The summed E-state index contributed by atoms with van der Waals surface area (Å²) in [6.45, 7) is 0.998. The second kappa shape index (κ2) is 5.57. The molecule has 1 aliphatic rings. The molecule has 3 rings (SSSR count). The second-order valence-corrected chi connectivity index (χ2v) is 5.36. The first-order valence-electron chi connectivity index (χ1n) is 7.09. The van der Waals surface area contributed by atoms with Gasteiger partial charge in [0.1, 0.15) is 0 Å². The quantitative estimate of drug-likeness (QED) is 0.860. The Labute approximate surface area is 114 Å². The van der Waals surface area contributed by atoms with Gasteiger partial charge < -0.3 is 9.88 Å². The molecule has 1 atom stereocenters. The third kappa shape index (κ3) is 3.04. The van der Waals surface area contributed by atoms with Gasteiger partial charge in [-0.15, -0.1) is 0 Å². The Morgan fingerprint density at radius 2 is 2.26 bits per heavy atom. The van der Waals surface area contributed by atoms with Crippen molar-refractivity contribution in [2.45, 2.75) is 31.8 Å². The smallest absolute Gasteiger partial charge is 0.0421 e. The molecular formula is C16H21N3. The number of pyridine rings is 1. The zero-order valence-corrected chi connectivity index (χ0v) is 11.4. The predicted molar refractivity (Wildman–Crippen MR) is 76.9 cm³/mol. The van der Waals surface area contributed by atoms with E-state index >= 15 is 0 Å². The van der Waals surface area contributed by atoms with Crippen molar-refractivity contribution in [2.75, 3.05) is 7.05 Å². The molecule has 1 unspecified atom stereocenters. The summed E-state index contributed by atoms with van der Waals surface area (Å²) in [5.41, 5.74) is 2.58. The Morgan fingerprint density at radius 3 is 2.95 bits per heavy atom. The minimum absolute atomic E-state index is 0.538. The van der Waals surface area contributed by atoms with Crippen LogP contribution in [0.2, 0.25) is 0 Å². The Morgan fingerprint density at radius 1 is 1.37 bits per heavy atom. The van der Waals surface area contributed by atoms with Crippen molar-refractivity contribution < 1.29 is 0 Å². The highest BCUT2D eigenvalue weighted by atomic mass is 15.0. The number of rotatable bonds is 6. The molecule has 1 saturated carbocycles. The molecule has 0 aliphatic heterocycles. The van der Waals surface area contributed by atoms with Crippen molar-refractivity contribution in [3.8, 4) is 0 Å².